The van der Waals surface area contributed by atoms with Crippen LogP contribution in [-0.4, -0.2) is 4.57 Å². The lowest BCUT2D eigenvalue weighted by molar-refractivity contribution is 0.660. The Hall–Kier alpha value is -6.64. The van der Waals surface area contributed by atoms with Gasteiger partial charge in [-0.15, -0.1) is 0 Å². The first-order valence-electron chi connectivity index (χ1n) is 18.4. The zero-order chi connectivity index (χ0) is 35.5. The van der Waals surface area contributed by atoms with Gasteiger partial charge in [-0.05, 0) is 105 Å². The first-order chi connectivity index (χ1) is 26.1. The SMILES string of the molecule is CC1(C)c2ccccc2-c2ccc(N(c3cccc(-c4ccccc4)c3)c3ccc4c(c3)c3c(-c5ccccc5)cccc3n4-c3ccccc3)cc21. The van der Waals surface area contributed by atoms with Crippen LogP contribution in [0.4, 0.5) is 17.1 Å². The fourth-order valence-electron chi connectivity index (χ4n) is 8.64. The molecule has 0 aliphatic heterocycles. The summed E-state index contributed by atoms with van der Waals surface area (Å²) in [5, 5.41) is 2.47. The first kappa shape index (κ1) is 31.1. The maximum absolute atomic E-state index is 2.45. The maximum atomic E-state index is 2.45. The van der Waals surface area contributed by atoms with Crippen LogP contribution in [0.25, 0.3) is 60.9 Å². The monoisotopic (exact) mass is 678 g/mol. The van der Waals surface area contributed by atoms with E-state index in [2.05, 4.69) is 217 Å². The molecule has 0 amide bonds. The van der Waals surface area contributed by atoms with E-state index in [0.29, 0.717) is 0 Å². The van der Waals surface area contributed by atoms with Gasteiger partial charge in [0.2, 0.25) is 0 Å². The summed E-state index contributed by atoms with van der Waals surface area (Å²) >= 11 is 0. The molecule has 10 rings (SSSR count). The number of anilines is 3. The van der Waals surface area contributed by atoms with Gasteiger partial charge in [0.1, 0.15) is 0 Å². The summed E-state index contributed by atoms with van der Waals surface area (Å²) in [7, 11) is 0. The van der Waals surface area contributed by atoms with Crippen molar-refractivity contribution in [3.05, 3.63) is 205 Å². The Kier molecular flexibility index (Phi) is 7.19. The van der Waals surface area contributed by atoms with Crippen molar-refractivity contribution in [3.8, 4) is 39.1 Å². The van der Waals surface area contributed by atoms with Crippen molar-refractivity contribution in [2.45, 2.75) is 19.3 Å². The van der Waals surface area contributed by atoms with Crippen LogP contribution in [0.1, 0.15) is 25.0 Å². The lowest BCUT2D eigenvalue weighted by Crippen LogP contribution is -2.16. The molecule has 0 fully saturated rings. The average molecular weight is 679 g/mol. The third-order valence-electron chi connectivity index (χ3n) is 11.2. The van der Waals surface area contributed by atoms with Gasteiger partial charge < -0.3 is 9.47 Å². The van der Waals surface area contributed by atoms with Gasteiger partial charge in [-0.1, -0.05) is 147 Å². The smallest absolute Gasteiger partial charge is 0.0547 e. The van der Waals surface area contributed by atoms with Gasteiger partial charge in [0, 0.05) is 38.9 Å². The molecule has 0 bridgehead atoms. The number of fused-ring (bicyclic) bond motifs is 6. The molecule has 53 heavy (non-hydrogen) atoms. The molecule has 0 saturated heterocycles. The largest absolute Gasteiger partial charge is 0.310 e. The van der Waals surface area contributed by atoms with E-state index in [4.69, 9.17) is 0 Å². The molecule has 1 aromatic heterocycles. The maximum Gasteiger partial charge on any atom is 0.0547 e. The zero-order valence-electron chi connectivity index (χ0n) is 29.9. The van der Waals surface area contributed by atoms with E-state index in [1.54, 1.807) is 0 Å². The lowest BCUT2D eigenvalue weighted by Gasteiger charge is -2.28. The van der Waals surface area contributed by atoms with Crippen molar-refractivity contribution < 1.29 is 0 Å². The molecule has 1 aliphatic carbocycles. The molecule has 0 radical (unpaired) electrons. The van der Waals surface area contributed by atoms with E-state index in [1.165, 1.54) is 66.3 Å². The Balaban J connectivity index is 1.24. The lowest BCUT2D eigenvalue weighted by atomic mass is 9.82. The van der Waals surface area contributed by atoms with Gasteiger partial charge in [0.25, 0.3) is 0 Å². The number of hydrogen-bond donors (Lipinski definition) is 0. The van der Waals surface area contributed by atoms with Crippen molar-refractivity contribution in [3.63, 3.8) is 0 Å². The molecule has 9 aromatic rings. The molecule has 0 saturated carbocycles. The number of nitrogens with zero attached hydrogens (tertiary/aromatic N) is 2. The van der Waals surface area contributed by atoms with E-state index in [1.807, 2.05) is 0 Å². The Morgan fingerprint density at radius 3 is 1.77 bits per heavy atom. The summed E-state index contributed by atoms with van der Waals surface area (Å²) in [6.07, 6.45) is 0. The van der Waals surface area contributed by atoms with Crippen molar-refractivity contribution in [2.24, 2.45) is 0 Å². The fourth-order valence-corrected chi connectivity index (χ4v) is 8.64. The quantitative estimate of drug-likeness (QED) is 0.170. The van der Waals surface area contributed by atoms with Crippen LogP contribution < -0.4 is 4.90 Å². The molecule has 0 atom stereocenters. The third kappa shape index (κ3) is 5.02. The fraction of sp³-hybridized carbons (Fsp3) is 0.0588. The number of para-hydroxylation sites is 1. The van der Waals surface area contributed by atoms with Crippen molar-refractivity contribution in [1.82, 2.24) is 4.57 Å². The normalized spacial score (nSPS) is 12.9. The van der Waals surface area contributed by atoms with Crippen molar-refractivity contribution >= 4 is 38.9 Å². The minimum absolute atomic E-state index is 0.114. The highest BCUT2D eigenvalue weighted by atomic mass is 15.1. The predicted octanol–water partition coefficient (Wildman–Crippen LogP) is 13.9. The minimum atomic E-state index is -0.114. The number of benzene rings is 8. The van der Waals surface area contributed by atoms with Gasteiger partial charge in [-0.2, -0.15) is 0 Å². The zero-order valence-corrected chi connectivity index (χ0v) is 29.9. The highest BCUT2D eigenvalue weighted by Crippen LogP contribution is 2.51. The standard InChI is InChI=1S/C51H38N2/c1-51(2)46-26-13-12-24-43(46)44-30-28-41(34-47(44)51)52(39-23-14-20-37(32-39)35-16-6-3-7-17-35)40-29-31-48-45(33-40)50-42(36-18-8-4-9-19-36)25-15-27-49(50)53(48)38-21-10-5-11-22-38/h3-34H,1-2H3. The van der Waals surface area contributed by atoms with E-state index in [9.17, 15) is 0 Å². The summed E-state index contributed by atoms with van der Waals surface area (Å²) in [4.78, 5) is 2.45. The summed E-state index contributed by atoms with van der Waals surface area (Å²) in [6, 6.07) is 70.8. The van der Waals surface area contributed by atoms with Crippen LogP contribution in [0.2, 0.25) is 0 Å². The second-order valence-corrected chi connectivity index (χ2v) is 14.6. The highest BCUT2D eigenvalue weighted by Gasteiger charge is 2.35. The number of rotatable bonds is 6. The number of hydrogen-bond acceptors (Lipinski definition) is 1. The van der Waals surface area contributed by atoms with Gasteiger partial charge in [-0.25, -0.2) is 0 Å². The van der Waals surface area contributed by atoms with Crippen molar-refractivity contribution in [1.29, 1.82) is 0 Å². The van der Waals surface area contributed by atoms with Gasteiger partial charge in [-0.3, -0.25) is 0 Å². The molecule has 2 nitrogen and oxygen atoms in total. The molecule has 2 heteroatoms. The van der Waals surface area contributed by atoms with Gasteiger partial charge >= 0.3 is 0 Å². The molecule has 0 unspecified atom stereocenters. The molecular weight excluding hydrogens is 641 g/mol. The summed E-state index contributed by atoms with van der Waals surface area (Å²) in [5.74, 6) is 0. The van der Waals surface area contributed by atoms with Crippen molar-refractivity contribution in [2.75, 3.05) is 4.90 Å². The summed E-state index contributed by atoms with van der Waals surface area (Å²) in [5.41, 5.74) is 17.0. The predicted molar refractivity (Wildman–Crippen MR) is 224 cm³/mol. The molecule has 8 aromatic carbocycles. The van der Waals surface area contributed by atoms with Gasteiger partial charge in [0.05, 0.1) is 11.0 Å². The molecular formula is C51H38N2. The van der Waals surface area contributed by atoms with Crippen LogP contribution >= 0.6 is 0 Å². The molecule has 1 heterocycles. The molecule has 0 spiro atoms. The van der Waals surface area contributed by atoms with Crippen LogP contribution in [0.15, 0.2) is 194 Å². The Morgan fingerprint density at radius 1 is 0.396 bits per heavy atom. The molecule has 0 N–H and O–H groups in total. The molecule has 252 valence electrons. The average Bonchev–Trinajstić information content (AvgIpc) is 3.67. The van der Waals surface area contributed by atoms with E-state index in [-0.39, 0.29) is 5.41 Å². The Bertz CT molecular complexity index is 2790. The first-order valence-corrected chi connectivity index (χ1v) is 18.4. The minimum Gasteiger partial charge on any atom is -0.310 e. The van der Waals surface area contributed by atoms with E-state index in [0.717, 1.165) is 22.7 Å². The summed E-state index contributed by atoms with van der Waals surface area (Å²) in [6.45, 7) is 4.72. The van der Waals surface area contributed by atoms with E-state index >= 15 is 0 Å². The second-order valence-electron chi connectivity index (χ2n) is 14.6. The van der Waals surface area contributed by atoms with Crippen LogP contribution in [-0.2, 0) is 5.41 Å². The van der Waals surface area contributed by atoms with Crippen LogP contribution in [0.3, 0.4) is 0 Å². The Labute approximate surface area is 310 Å². The topological polar surface area (TPSA) is 8.17 Å². The third-order valence-corrected chi connectivity index (χ3v) is 11.2. The highest BCUT2D eigenvalue weighted by molar-refractivity contribution is 6.16. The van der Waals surface area contributed by atoms with Gasteiger partial charge in [0.15, 0.2) is 0 Å². The van der Waals surface area contributed by atoms with Crippen LogP contribution in [0, 0.1) is 0 Å². The number of aromatic nitrogens is 1. The van der Waals surface area contributed by atoms with E-state index < -0.39 is 0 Å². The summed E-state index contributed by atoms with van der Waals surface area (Å²) < 4.78 is 2.41. The second kappa shape index (κ2) is 12.3. The van der Waals surface area contributed by atoms with Crippen LogP contribution in [0.5, 0.6) is 0 Å². The molecule has 1 aliphatic rings. The Morgan fingerprint density at radius 2 is 0.981 bits per heavy atom.